The first-order chi connectivity index (χ1) is 9.43. The van der Waals surface area contributed by atoms with Crippen molar-refractivity contribution in [2.75, 3.05) is 7.11 Å². The number of methoxy groups -OCH3 is 1. The van der Waals surface area contributed by atoms with Gasteiger partial charge in [-0.1, -0.05) is 22.0 Å². The van der Waals surface area contributed by atoms with Crippen LogP contribution in [0.5, 0.6) is 5.75 Å². The summed E-state index contributed by atoms with van der Waals surface area (Å²) in [6.45, 7) is 0. The molecule has 0 spiro atoms. The lowest BCUT2D eigenvalue weighted by Crippen LogP contribution is -2.16. The fourth-order valence-electron chi connectivity index (χ4n) is 1.89. The zero-order valence-electron chi connectivity index (χ0n) is 10.5. The number of hydrogen-bond acceptors (Lipinski definition) is 2. The molecule has 2 aromatic rings. The molecule has 2 nitrogen and oxygen atoms in total. The molecule has 6 heteroatoms. The average molecular weight is 346 g/mol. The van der Waals surface area contributed by atoms with Crippen molar-refractivity contribution in [1.29, 1.82) is 0 Å². The van der Waals surface area contributed by atoms with E-state index in [4.69, 9.17) is 10.5 Å². The summed E-state index contributed by atoms with van der Waals surface area (Å²) in [6.07, 6.45) is 0. The lowest BCUT2D eigenvalue weighted by atomic mass is 9.98. The molecule has 0 saturated heterocycles. The van der Waals surface area contributed by atoms with Gasteiger partial charge in [0.2, 0.25) is 0 Å². The van der Waals surface area contributed by atoms with E-state index in [1.165, 1.54) is 7.11 Å². The molecule has 2 rings (SSSR count). The van der Waals surface area contributed by atoms with Gasteiger partial charge in [-0.3, -0.25) is 0 Å². The monoisotopic (exact) mass is 345 g/mol. The molecule has 0 aliphatic carbocycles. The molecule has 0 aliphatic rings. The van der Waals surface area contributed by atoms with E-state index < -0.39 is 23.5 Å². The Labute approximate surface area is 122 Å². The van der Waals surface area contributed by atoms with Crippen LogP contribution in [0.4, 0.5) is 13.2 Å². The zero-order valence-corrected chi connectivity index (χ0v) is 12.0. The van der Waals surface area contributed by atoms with Crippen molar-refractivity contribution in [3.05, 3.63) is 63.4 Å². The molecule has 106 valence electrons. The third kappa shape index (κ3) is 2.81. The number of benzene rings is 2. The van der Waals surface area contributed by atoms with Crippen LogP contribution in [0.25, 0.3) is 0 Å². The van der Waals surface area contributed by atoms with Crippen LogP contribution in [0.15, 0.2) is 34.8 Å². The third-order valence-electron chi connectivity index (χ3n) is 2.90. The van der Waals surface area contributed by atoms with Gasteiger partial charge in [0.05, 0.1) is 13.2 Å². The van der Waals surface area contributed by atoms with Crippen molar-refractivity contribution >= 4 is 15.9 Å². The highest BCUT2D eigenvalue weighted by Crippen LogP contribution is 2.32. The highest BCUT2D eigenvalue weighted by molar-refractivity contribution is 9.10. The van der Waals surface area contributed by atoms with Gasteiger partial charge in [0.25, 0.3) is 0 Å². The van der Waals surface area contributed by atoms with Gasteiger partial charge in [-0.25, -0.2) is 13.2 Å². The quantitative estimate of drug-likeness (QED) is 0.914. The molecule has 2 N–H and O–H groups in total. The van der Waals surface area contributed by atoms with Gasteiger partial charge in [0.15, 0.2) is 0 Å². The van der Waals surface area contributed by atoms with Crippen LogP contribution in [0.1, 0.15) is 17.2 Å². The van der Waals surface area contributed by atoms with Crippen molar-refractivity contribution in [3.8, 4) is 5.75 Å². The Bertz CT molecular complexity index is 625. The van der Waals surface area contributed by atoms with E-state index in [-0.39, 0.29) is 5.56 Å². The summed E-state index contributed by atoms with van der Waals surface area (Å²) >= 11 is 3.27. The molecule has 0 radical (unpaired) electrons. The molecular formula is C14H11BrF3NO. The van der Waals surface area contributed by atoms with E-state index in [1.54, 1.807) is 18.2 Å². The standard InChI is InChI=1S/C14H11BrF3NO/c1-20-8-2-3-9(10(15)6-8)14(19)13-11(17)4-7(16)5-12(13)18/h2-6,14H,19H2,1H3. The minimum absolute atomic E-state index is 0.378. The fourth-order valence-corrected chi connectivity index (χ4v) is 2.50. The van der Waals surface area contributed by atoms with E-state index >= 15 is 0 Å². The largest absolute Gasteiger partial charge is 0.497 e. The molecule has 1 unspecified atom stereocenters. The Kier molecular flexibility index (Phi) is 4.35. The maximum atomic E-state index is 13.7. The summed E-state index contributed by atoms with van der Waals surface area (Å²) in [5.74, 6) is -2.44. The normalized spacial score (nSPS) is 12.3. The molecule has 0 amide bonds. The first kappa shape index (κ1) is 14.9. The Morgan fingerprint density at radius 2 is 1.70 bits per heavy atom. The smallest absolute Gasteiger partial charge is 0.134 e. The molecule has 1 atom stereocenters. The predicted molar refractivity (Wildman–Crippen MR) is 73.0 cm³/mol. The van der Waals surface area contributed by atoms with Gasteiger partial charge in [-0.15, -0.1) is 0 Å². The highest BCUT2D eigenvalue weighted by atomic mass is 79.9. The summed E-state index contributed by atoms with van der Waals surface area (Å²) in [5.41, 5.74) is 5.98. The minimum atomic E-state index is -1.06. The van der Waals surface area contributed by atoms with Crippen molar-refractivity contribution < 1.29 is 17.9 Å². The Morgan fingerprint density at radius 1 is 1.10 bits per heavy atom. The number of hydrogen-bond donors (Lipinski definition) is 1. The molecule has 0 bridgehead atoms. The summed E-state index contributed by atoms with van der Waals surface area (Å²) in [6, 6.07) is 5.01. The maximum absolute atomic E-state index is 13.7. The molecule has 0 aromatic heterocycles. The van der Waals surface area contributed by atoms with Gasteiger partial charge < -0.3 is 10.5 Å². The summed E-state index contributed by atoms with van der Waals surface area (Å²) in [7, 11) is 1.50. The number of rotatable bonds is 3. The van der Waals surface area contributed by atoms with Crippen LogP contribution in [0.2, 0.25) is 0 Å². The summed E-state index contributed by atoms with van der Waals surface area (Å²) in [4.78, 5) is 0. The van der Waals surface area contributed by atoms with E-state index in [1.807, 2.05) is 0 Å². The highest BCUT2D eigenvalue weighted by Gasteiger charge is 2.21. The first-order valence-electron chi connectivity index (χ1n) is 5.67. The molecule has 0 aliphatic heterocycles. The van der Waals surface area contributed by atoms with Crippen LogP contribution in [0, 0.1) is 17.5 Å². The van der Waals surface area contributed by atoms with E-state index in [9.17, 15) is 13.2 Å². The number of halogens is 4. The average Bonchev–Trinajstić information content (AvgIpc) is 2.37. The third-order valence-corrected chi connectivity index (χ3v) is 3.58. The Balaban J connectivity index is 2.49. The molecule has 0 saturated carbocycles. The van der Waals surface area contributed by atoms with Crippen LogP contribution >= 0.6 is 15.9 Å². The number of ether oxygens (including phenoxy) is 1. The van der Waals surface area contributed by atoms with Crippen molar-refractivity contribution in [2.24, 2.45) is 5.73 Å². The lowest BCUT2D eigenvalue weighted by molar-refractivity contribution is 0.414. The van der Waals surface area contributed by atoms with Gasteiger partial charge in [0.1, 0.15) is 23.2 Å². The first-order valence-corrected chi connectivity index (χ1v) is 6.46. The second kappa shape index (κ2) is 5.85. The zero-order chi connectivity index (χ0) is 14.9. The van der Waals surface area contributed by atoms with E-state index in [2.05, 4.69) is 15.9 Å². The Hall–Kier alpha value is -1.53. The Morgan fingerprint density at radius 3 is 2.20 bits per heavy atom. The van der Waals surface area contributed by atoms with Gasteiger partial charge >= 0.3 is 0 Å². The second-order valence-corrected chi connectivity index (χ2v) is 5.00. The molecule has 0 heterocycles. The summed E-state index contributed by atoms with van der Waals surface area (Å²) in [5, 5.41) is 0. The topological polar surface area (TPSA) is 35.2 Å². The second-order valence-electron chi connectivity index (χ2n) is 4.15. The molecular weight excluding hydrogens is 335 g/mol. The van der Waals surface area contributed by atoms with Gasteiger partial charge in [-0.05, 0) is 17.7 Å². The van der Waals surface area contributed by atoms with E-state index in [0.717, 1.165) is 0 Å². The van der Waals surface area contributed by atoms with Crippen molar-refractivity contribution in [1.82, 2.24) is 0 Å². The molecule has 0 fully saturated rings. The van der Waals surface area contributed by atoms with Crippen LogP contribution in [-0.4, -0.2) is 7.11 Å². The number of nitrogens with two attached hydrogens (primary N) is 1. The SMILES string of the molecule is COc1ccc(C(N)c2c(F)cc(F)cc2F)c(Br)c1. The van der Waals surface area contributed by atoms with E-state index in [0.29, 0.717) is 27.9 Å². The van der Waals surface area contributed by atoms with Crippen LogP contribution in [-0.2, 0) is 0 Å². The molecule has 2 aromatic carbocycles. The minimum Gasteiger partial charge on any atom is -0.497 e. The van der Waals surface area contributed by atoms with Crippen molar-refractivity contribution in [2.45, 2.75) is 6.04 Å². The van der Waals surface area contributed by atoms with Crippen molar-refractivity contribution in [3.63, 3.8) is 0 Å². The van der Waals surface area contributed by atoms with Gasteiger partial charge in [-0.2, -0.15) is 0 Å². The lowest BCUT2D eigenvalue weighted by Gasteiger charge is -2.16. The fraction of sp³-hybridized carbons (Fsp3) is 0.143. The molecule has 20 heavy (non-hydrogen) atoms. The maximum Gasteiger partial charge on any atom is 0.134 e. The predicted octanol–water partition coefficient (Wildman–Crippen LogP) is 3.92. The van der Waals surface area contributed by atoms with Gasteiger partial charge in [0, 0.05) is 22.2 Å². The van der Waals surface area contributed by atoms with Crippen LogP contribution in [0.3, 0.4) is 0 Å². The van der Waals surface area contributed by atoms with Crippen LogP contribution < -0.4 is 10.5 Å². The summed E-state index contributed by atoms with van der Waals surface area (Å²) < 4.78 is 45.9.